The maximum absolute atomic E-state index is 16.6. The van der Waals surface area contributed by atoms with E-state index >= 15 is 8.78 Å². The highest BCUT2D eigenvalue weighted by molar-refractivity contribution is 7.91. The number of nitrogens with zero attached hydrogens (tertiary/aromatic N) is 5. The summed E-state index contributed by atoms with van der Waals surface area (Å²) in [6.07, 6.45) is 3.48. The molecule has 2 aromatic heterocycles. The molecule has 0 amide bonds. The molecule has 2 aromatic carbocycles. The largest absolute Gasteiger partial charge is 0.508 e. The molecule has 2 bridgehead atoms. The molecule has 1 N–H and O–H groups in total. The lowest BCUT2D eigenvalue weighted by atomic mass is 9.95. The summed E-state index contributed by atoms with van der Waals surface area (Å²) in [5, 5.41) is 10.5. The Morgan fingerprint density at radius 3 is 2.62 bits per heavy atom. The van der Waals surface area contributed by atoms with E-state index in [0.29, 0.717) is 25.8 Å². The maximum Gasteiger partial charge on any atom is 0.319 e. The zero-order chi connectivity index (χ0) is 31.2. The summed E-state index contributed by atoms with van der Waals surface area (Å²) in [5.41, 5.74) is -1.28. The van der Waals surface area contributed by atoms with Gasteiger partial charge in [0.15, 0.2) is 27.3 Å². The lowest BCUT2D eigenvalue weighted by molar-refractivity contribution is 0.107. The molecule has 4 aliphatic rings. The molecular formula is C31H29F4N5O4S. The molecule has 9 nitrogen and oxygen atoms in total. The van der Waals surface area contributed by atoms with Crippen LogP contribution in [-0.4, -0.2) is 88.4 Å². The minimum atomic E-state index is -3.28. The van der Waals surface area contributed by atoms with Crippen molar-refractivity contribution >= 4 is 37.3 Å². The number of rotatable bonds is 5. The summed E-state index contributed by atoms with van der Waals surface area (Å²) >= 11 is 0. The van der Waals surface area contributed by atoms with E-state index in [1.807, 2.05) is 4.90 Å². The summed E-state index contributed by atoms with van der Waals surface area (Å²) in [5.74, 6) is -3.52. The highest BCUT2D eigenvalue weighted by Crippen LogP contribution is 2.43. The highest BCUT2D eigenvalue weighted by Gasteiger charge is 2.50. The molecule has 45 heavy (non-hydrogen) atoms. The van der Waals surface area contributed by atoms with Crippen molar-refractivity contribution in [1.82, 2.24) is 19.9 Å². The number of hydrogen-bond donors (Lipinski definition) is 1. The monoisotopic (exact) mass is 643 g/mol. The van der Waals surface area contributed by atoms with Crippen LogP contribution >= 0.6 is 0 Å². The van der Waals surface area contributed by atoms with Crippen molar-refractivity contribution in [2.75, 3.05) is 36.1 Å². The first kappa shape index (κ1) is 28.7. The molecular weight excluding hydrogens is 614 g/mol. The minimum absolute atomic E-state index is 0.0741. The number of aromatic nitrogens is 3. The number of fused-ring (bicyclic) bond motifs is 5. The molecule has 6 heterocycles. The molecule has 4 fully saturated rings. The van der Waals surface area contributed by atoms with Crippen LogP contribution in [0.5, 0.6) is 11.8 Å². The quantitative estimate of drug-likeness (QED) is 0.310. The molecule has 4 saturated heterocycles. The average Bonchev–Trinajstić information content (AvgIpc) is 3.61. The highest BCUT2D eigenvalue weighted by atomic mass is 32.2. The summed E-state index contributed by atoms with van der Waals surface area (Å²) in [6, 6.07) is 3.60. The van der Waals surface area contributed by atoms with Gasteiger partial charge in [-0.25, -0.2) is 26.0 Å². The first-order valence-corrected chi connectivity index (χ1v) is 16.8. The van der Waals surface area contributed by atoms with E-state index in [0.717, 1.165) is 31.5 Å². The lowest BCUT2D eigenvalue weighted by Gasteiger charge is -2.36. The Morgan fingerprint density at radius 2 is 1.84 bits per heavy atom. The predicted molar refractivity (Wildman–Crippen MR) is 158 cm³/mol. The third kappa shape index (κ3) is 4.58. The van der Waals surface area contributed by atoms with Gasteiger partial charge in [0.1, 0.15) is 35.6 Å². The van der Waals surface area contributed by atoms with Gasteiger partial charge in [-0.15, -0.1) is 0 Å². The topological polar surface area (TPSA) is 109 Å². The standard InChI is InChI=1S/C31H29F4N5O4S/c32-17-10-31(6-1-7-39(31)12-17)15-44-30-37-28-22(29(38-30)40-18-3-4-19(40)14-45(42,43)13-18)11-36-27(26(28)35)21-9-20(41)8-16-2-5-23(33)25(34)24(16)21/h2,5,8-9,11,17-19,41H,1,3-4,6-7,10,12-15H2/t17-,18?,19?,31+/m1/s1. The fraction of sp³-hybridized carbons (Fsp3) is 0.452. The first-order valence-electron chi connectivity index (χ1n) is 15.0. The Hall–Kier alpha value is -3.78. The van der Waals surface area contributed by atoms with Gasteiger partial charge in [-0.2, -0.15) is 9.97 Å². The molecule has 2 unspecified atom stereocenters. The minimum Gasteiger partial charge on any atom is -0.508 e. The van der Waals surface area contributed by atoms with Crippen molar-refractivity contribution in [3.05, 3.63) is 47.9 Å². The first-order chi connectivity index (χ1) is 21.5. The van der Waals surface area contributed by atoms with Crippen LogP contribution in [0.2, 0.25) is 0 Å². The van der Waals surface area contributed by atoms with Crippen molar-refractivity contribution < 1.29 is 35.8 Å². The van der Waals surface area contributed by atoms with Crippen molar-refractivity contribution in [1.29, 1.82) is 0 Å². The maximum atomic E-state index is 16.6. The molecule has 14 heteroatoms. The van der Waals surface area contributed by atoms with E-state index in [4.69, 9.17) is 4.74 Å². The zero-order valence-corrected chi connectivity index (χ0v) is 24.8. The van der Waals surface area contributed by atoms with Gasteiger partial charge in [0, 0.05) is 42.2 Å². The lowest BCUT2D eigenvalue weighted by Crippen LogP contribution is -2.49. The van der Waals surface area contributed by atoms with Crippen molar-refractivity contribution in [2.45, 2.75) is 55.9 Å². The van der Waals surface area contributed by atoms with Gasteiger partial charge in [-0.1, -0.05) is 6.07 Å². The van der Waals surface area contributed by atoms with Crippen LogP contribution in [0.1, 0.15) is 32.1 Å². The number of aromatic hydroxyl groups is 1. The number of anilines is 1. The normalized spacial score (nSPS) is 27.5. The third-order valence-electron chi connectivity index (χ3n) is 9.88. The number of ether oxygens (including phenoxy) is 1. The van der Waals surface area contributed by atoms with Crippen molar-refractivity contribution in [2.24, 2.45) is 0 Å². The predicted octanol–water partition coefficient (Wildman–Crippen LogP) is 4.69. The fourth-order valence-electron chi connectivity index (χ4n) is 7.97. The summed E-state index contributed by atoms with van der Waals surface area (Å²) in [4.78, 5) is 17.3. The number of halogens is 4. The molecule has 4 atom stereocenters. The molecule has 4 aromatic rings. The zero-order valence-electron chi connectivity index (χ0n) is 24.0. The van der Waals surface area contributed by atoms with E-state index in [-0.39, 0.29) is 80.7 Å². The second-order valence-electron chi connectivity index (χ2n) is 12.7. The number of phenols is 1. The van der Waals surface area contributed by atoms with Crippen LogP contribution in [-0.2, 0) is 9.84 Å². The SMILES string of the molecule is O=S1(=O)CC2CCC(C1)N2c1nc(OC[C@@]23CCCN2C[C@H](F)C3)nc2c(F)c(-c3cc(O)cc4ccc(F)c(F)c34)ncc12. The fourth-order valence-corrected chi connectivity index (χ4v) is 9.94. The van der Waals surface area contributed by atoms with E-state index in [1.54, 1.807) is 0 Å². The van der Waals surface area contributed by atoms with E-state index in [1.165, 1.54) is 18.3 Å². The molecule has 0 aliphatic carbocycles. The van der Waals surface area contributed by atoms with Crippen molar-refractivity contribution in [3.8, 4) is 23.0 Å². The molecule has 8 rings (SSSR count). The van der Waals surface area contributed by atoms with E-state index < -0.39 is 39.0 Å². The Kier molecular flexibility index (Phi) is 6.44. The van der Waals surface area contributed by atoms with Crippen molar-refractivity contribution in [3.63, 3.8) is 0 Å². The van der Waals surface area contributed by atoms with Crippen LogP contribution in [0.25, 0.3) is 32.9 Å². The van der Waals surface area contributed by atoms with Crippen LogP contribution in [0.3, 0.4) is 0 Å². The second kappa shape index (κ2) is 10.1. The number of phenolic OH excluding ortho intramolecular Hbond substituents is 1. The summed E-state index contributed by atoms with van der Waals surface area (Å²) in [6.45, 7) is 1.15. The Morgan fingerprint density at radius 1 is 1.07 bits per heavy atom. The van der Waals surface area contributed by atoms with Gasteiger partial charge < -0.3 is 14.7 Å². The van der Waals surface area contributed by atoms with Crippen LogP contribution < -0.4 is 9.64 Å². The number of pyridine rings is 1. The smallest absolute Gasteiger partial charge is 0.319 e. The molecule has 4 aliphatic heterocycles. The summed E-state index contributed by atoms with van der Waals surface area (Å²) < 4.78 is 91.7. The third-order valence-corrected chi connectivity index (χ3v) is 11.7. The molecule has 0 spiro atoms. The van der Waals surface area contributed by atoms with Gasteiger partial charge in [0.05, 0.1) is 22.4 Å². The van der Waals surface area contributed by atoms with Gasteiger partial charge in [-0.3, -0.25) is 9.88 Å². The van der Waals surface area contributed by atoms with Gasteiger partial charge in [0.2, 0.25) is 0 Å². The summed E-state index contributed by atoms with van der Waals surface area (Å²) in [7, 11) is -3.28. The molecule has 0 radical (unpaired) electrons. The van der Waals surface area contributed by atoms with E-state index in [2.05, 4.69) is 19.9 Å². The van der Waals surface area contributed by atoms with Crippen LogP contribution in [0, 0.1) is 17.5 Å². The van der Waals surface area contributed by atoms with Gasteiger partial charge in [0.25, 0.3) is 0 Å². The number of hydrogen-bond acceptors (Lipinski definition) is 9. The molecule has 236 valence electrons. The van der Waals surface area contributed by atoms with Gasteiger partial charge in [-0.05, 0) is 55.8 Å². The van der Waals surface area contributed by atoms with Crippen LogP contribution in [0.4, 0.5) is 23.4 Å². The van der Waals surface area contributed by atoms with Gasteiger partial charge >= 0.3 is 6.01 Å². The van der Waals surface area contributed by atoms with E-state index in [9.17, 15) is 22.3 Å². The molecule has 0 saturated carbocycles. The number of sulfone groups is 1. The Bertz CT molecular complexity index is 1980. The van der Waals surface area contributed by atoms with Crippen LogP contribution in [0.15, 0.2) is 30.5 Å². The Labute approximate surface area is 255 Å². The number of benzene rings is 2. The Balaban J connectivity index is 1.29. The second-order valence-corrected chi connectivity index (χ2v) is 14.9. The number of alkyl halides is 1. The average molecular weight is 644 g/mol.